The average molecular weight is 341 g/mol. The van der Waals surface area contributed by atoms with Crippen molar-refractivity contribution in [2.24, 2.45) is 0 Å². The Hall–Kier alpha value is -3.60. The van der Waals surface area contributed by atoms with Crippen molar-refractivity contribution in [3.63, 3.8) is 0 Å². The molecule has 3 heterocycles. The summed E-state index contributed by atoms with van der Waals surface area (Å²) in [5, 5.41) is 0.668. The number of carbonyl (C=O) groups excluding carboxylic acids is 1. The number of fused-ring (bicyclic) bond motifs is 1. The molecular formula is C21H15N3O2. The molecule has 0 N–H and O–H groups in total. The van der Waals surface area contributed by atoms with Gasteiger partial charge in [0.15, 0.2) is 6.10 Å². The standard InChI is InChI=1S/C21H15N3O2/c25-21(17-8-13-24-19-9-12-23-14-18(17)19)26-20(15-4-2-1-3-5-15)16-6-10-22-11-7-16/h1-14,20H. The van der Waals surface area contributed by atoms with Crippen LogP contribution in [0.5, 0.6) is 0 Å². The topological polar surface area (TPSA) is 65.0 Å². The van der Waals surface area contributed by atoms with Crippen molar-refractivity contribution in [1.82, 2.24) is 15.0 Å². The van der Waals surface area contributed by atoms with E-state index in [0.717, 1.165) is 11.1 Å². The fourth-order valence-corrected chi connectivity index (χ4v) is 2.83. The SMILES string of the molecule is O=C(OC(c1ccccc1)c1ccncc1)c1ccnc2ccncc12. The zero-order chi connectivity index (χ0) is 17.8. The minimum Gasteiger partial charge on any atom is -0.449 e. The zero-order valence-corrected chi connectivity index (χ0v) is 13.8. The van der Waals surface area contributed by atoms with Crippen LogP contribution in [0.4, 0.5) is 0 Å². The third kappa shape index (κ3) is 3.15. The molecule has 0 amide bonds. The second kappa shape index (κ2) is 7.11. The lowest BCUT2D eigenvalue weighted by Gasteiger charge is -2.19. The van der Waals surface area contributed by atoms with Gasteiger partial charge in [-0.05, 0) is 29.8 Å². The first-order valence-electron chi connectivity index (χ1n) is 8.17. The van der Waals surface area contributed by atoms with Crippen LogP contribution >= 0.6 is 0 Å². The van der Waals surface area contributed by atoms with Crippen LogP contribution in [0.15, 0.2) is 85.6 Å². The zero-order valence-electron chi connectivity index (χ0n) is 13.8. The van der Waals surface area contributed by atoms with Gasteiger partial charge in [-0.3, -0.25) is 15.0 Å². The number of esters is 1. The summed E-state index contributed by atoms with van der Waals surface area (Å²) in [4.78, 5) is 25.3. The summed E-state index contributed by atoms with van der Waals surface area (Å²) in [5.41, 5.74) is 2.90. The van der Waals surface area contributed by atoms with E-state index < -0.39 is 12.1 Å². The van der Waals surface area contributed by atoms with E-state index in [1.807, 2.05) is 42.5 Å². The summed E-state index contributed by atoms with van der Waals surface area (Å²) in [5.74, 6) is -0.420. The van der Waals surface area contributed by atoms with Crippen LogP contribution in [0.1, 0.15) is 27.6 Å². The van der Waals surface area contributed by atoms with Crippen LogP contribution in [-0.4, -0.2) is 20.9 Å². The van der Waals surface area contributed by atoms with Crippen LogP contribution in [0.25, 0.3) is 10.9 Å². The lowest BCUT2D eigenvalue weighted by molar-refractivity contribution is 0.0380. The van der Waals surface area contributed by atoms with Crippen molar-refractivity contribution in [3.8, 4) is 0 Å². The molecule has 1 atom stereocenters. The molecule has 0 fully saturated rings. The second-order valence-corrected chi connectivity index (χ2v) is 5.73. The Bertz CT molecular complexity index is 992. The van der Waals surface area contributed by atoms with Gasteiger partial charge in [0.1, 0.15) is 0 Å². The summed E-state index contributed by atoms with van der Waals surface area (Å²) in [6.45, 7) is 0. The highest BCUT2D eigenvalue weighted by atomic mass is 16.5. The molecule has 0 bridgehead atoms. The summed E-state index contributed by atoms with van der Waals surface area (Å²) in [6, 6.07) is 16.7. The predicted octanol–water partition coefficient (Wildman–Crippen LogP) is 3.97. The Morgan fingerprint density at radius 2 is 1.54 bits per heavy atom. The van der Waals surface area contributed by atoms with Gasteiger partial charge in [-0.2, -0.15) is 0 Å². The van der Waals surface area contributed by atoms with Gasteiger partial charge in [0, 0.05) is 41.9 Å². The summed E-state index contributed by atoms with van der Waals surface area (Å²) in [6.07, 6.45) is 7.72. The largest absolute Gasteiger partial charge is 0.449 e. The van der Waals surface area contributed by atoms with E-state index >= 15 is 0 Å². The minimum atomic E-state index is -0.522. The fourth-order valence-electron chi connectivity index (χ4n) is 2.83. The van der Waals surface area contributed by atoms with E-state index in [1.54, 1.807) is 43.1 Å². The lowest BCUT2D eigenvalue weighted by Crippen LogP contribution is -2.13. The first kappa shape index (κ1) is 15.9. The highest BCUT2D eigenvalue weighted by Gasteiger charge is 2.21. The van der Waals surface area contributed by atoms with Crippen molar-refractivity contribution in [2.45, 2.75) is 6.10 Å². The highest BCUT2D eigenvalue weighted by Crippen LogP contribution is 2.27. The van der Waals surface area contributed by atoms with Crippen LogP contribution < -0.4 is 0 Å². The molecule has 5 heteroatoms. The molecule has 0 radical (unpaired) electrons. The van der Waals surface area contributed by atoms with Gasteiger partial charge in [0.25, 0.3) is 0 Å². The Balaban J connectivity index is 1.73. The van der Waals surface area contributed by atoms with Crippen molar-refractivity contribution in [2.75, 3.05) is 0 Å². The maximum absolute atomic E-state index is 12.9. The van der Waals surface area contributed by atoms with Gasteiger partial charge < -0.3 is 4.74 Å². The van der Waals surface area contributed by atoms with E-state index in [-0.39, 0.29) is 0 Å². The van der Waals surface area contributed by atoms with E-state index in [0.29, 0.717) is 16.5 Å². The molecule has 4 rings (SSSR count). The minimum absolute atomic E-state index is 0.420. The molecule has 5 nitrogen and oxygen atoms in total. The van der Waals surface area contributed by atoms with E-state index in [1.165, 1.54) is 0 Å². The van der Waals surface area contributed by atoms with Crippen LogP contribution in [0.2, 0.25) is 0 Å². The third-order valence-corrected chi connectivity index (χ3v) is 4.10. The Labute approximate surface area is 150 Å². The van der Waals surface area contributed by atoms with Gasteiger partial charge in [-0.25, -0.2) is 4.79 Å². The quantitative estimate of drug-likeness (QED) is 0.526. The second-order valence-electron chi connectivity index (χ2n) is 5.73. The number of hydrogen-bond acceptors (Lipinski definition) is 5. The average Bonchev–Trinajstić information content (AvgIpc) is 2.72. The molecule has 0 saturated carbocycles. The van der Waals surface area contributed by atoms with Crippen molar-refractivity contribution in [1.29, 1.82) is 0 Å². The van der Waals surface area contributed by atoms with Gasteiger partial charge in [-0.1, -0.05) is 30.3 Å². The van der Waals surface area contributed by atoms with E-state index in [9.17, 15) is 4.79 Å². The molecule has 3 aromatic heterocycles. The monoisotopic (exact) mass is 341 g/mol. The van der Waals surface area contributed by atoms with Crippen LogP contribution in [0.3, 0.4) is 0 Å². The third-order valence-electron chi connectivity index (χ3n) is 4.10. The van der Waals surface area contributed by atoms with E-state index in [4.69, 9.17) is 4.74 Å². The number of nitrogens with zero attached hydrogens (tertiary/aromatic N) is 3. The number of ether oxygens (including phenoxy) is 1. The molecule has 0 saturated heterocycles. The molecule has 0 aliphatic heterocycles. The van der Waals surface area contributed by atoms with Crippen molar-refractivity contribution < 1.29 is 9.53 Å². The molecule has 0 aliphatic rings. The summed E-state index contributed by atoms with van der Waals surface area (Å²) >= 11 is 0. The smallest absolute Gasteiger partial charge is 0.339 e. The molecule has 1 unspecified atom stereocenters. The Morgan fingerprint density at radius 3 is 2.35 bits per heavy atom. The molecule has 4 aromatic rings. The molecule has 26 heavy (non-hydrogen) atoms. The van der Waals surface area contributed by atoms with Gasteiger partial charge >= 0.3 is 5.97 Å². The Kier molecular flexibility index (Phi) is 4.35. The maximum Gasteiger partial charge on any atom is 0.339 e. The number of benzene rings is 1. The number of hydrogen-bond donors (Lipinski definition) is 0. The highest BCUT2D eigenvalue weighted by molar-refractivity contribution is 6.03. The number of aromatic nitrogens is 3. The molecule has 1 aromatic carbocycles. The van der Waals surface area contributed by atoms with Gasteiger partial charge in [-0.15, -0.1) is 0 Å². The number of carbonyl (C=O) groups is 1. The van der Waals surface area contributed by atoms with Gasteiger partial charge in [0.2, 0.25) is 0 Å². The summed E-state index contributed by atoms with van der Waals surface area (Å²) < 4.78 is 5.89. The lowest BCUT2D eigenvalue weighted by atomic mass is 10.0. The fraction of sp³-hybridized carbons (Fsp3) is 0.0476. The Morgan fingerprint density at radius 1 is 0.808 bits per heavy atom. The number of pyridine rings is 3. The van der Waals surface area contributed by atoms with E-state index in [2.05, 4.69) is 15.0 Å². The first-order chi connectivity index (χ1) is 12.8. The molecular weight excluding hydrogens is 326 g/mol. The predicted molar refractivity (Wildman–Crippen MR) is 97.5 cm³/mol. The maximum atomic E-state index is 12.9. The van der Waals surface area contributed by atoms with Crippen LogP contribution in [0, 0.1) is 0 Å². The van der Waals surface area contributed by atoms with Crippen LogP contribution in [-0.2, 0) is 4.74 Å². The molecule has 126 valence electrons. The van der Waals surface area contributed by atoms with Gasteiger partial charge in [0.05, 0.1) is 11.1 Å². The molecule has 0 aliphatic carbocycles. The first-order valence-corrected chi connectivity index (χ1v) is 8.17. The van der Waals surface area contributed by atoms with Crippen molar-refractivity contribution >= 4 is 16.9 Å². The van der Waals surface area contributed by atoms with Crippen molar-refractivity contribution in [3.05, 3.63) is 102 Å². The summed E-state index contributed by atoms with van der Waals surface area (Å²) in [7, 11) is 0. The molecule has 0 spiro atoms. The normalized spacial score (nSPS) is 11.8. The number of rotatable bonds is 4.